The monoisotopic (exact) mass is 761 g/mol. The van der Waals surface area contributed by atoms with Gasteiger partial charge in [-0.3, -0.25) is 4.79 Å². The zero-order valence-corrected chi connectivity index (χ0v) is 31.2. The molecule has 0 aromatic heterocycles. The van der Waals surface area contributed by atoms with Gasteiger partial charge in [0.05, 0.1) is 17.1 Å². The second kappa shape index (κ2) is 14.6. The lowest BCUT2D eigenvalue weighted by Gasteiger charge is -2.27. The Morgan fingerprint density at radius 3 is 2.18 bits per heavy atom. The Hall–Kier alpha value is -4.48. The number of halogens is 1. The van der Waals surface area contributed by atoms with Gasteiger partial charge in [0.2, 0.25) is 5.69 Å². The standard InChI is InChI=1S/C43H43N3O2.HI/c1-42(2)37(45(5)35-26-24-31-17-8-10-19-33(31)40(35)42)21-13-15-30(29-44)16-14-22-38-43(3,4)41-34-20-11-9-18-32(34)25-27-36(41)46(38)28-12-6-7-23-39(47)48;/h8-11,13-22,24-27H,6-7,12,23,28H2,1-5H3;1H. The molecule has 4 aromatic rings. The van der Waals surface area contributed by atoms with E-state index < -0.39 is 5.97 Å². The van der Waals surface area contributed by atoms with E-state index in [1.165, 1.54) is 55.5 Å². The number of anilines is 1. The lowest BCUT2D eigenvalue weighted by molar-refractivity contribution is -0.401. The Balaban J connectivity index is 0.00000468. The third-order valence-electron chi connectivity index (χ3n) is 10.1. The summed E-state index contributed by atoms with van der Waals surface area (Å²) in [6, 6.07) is 28.2. The van der Waals surface area contributed by atoms with E-state index in [0.717, 1.165) is 19.4 Å². The Bertz CT molecular complexity index is 2120. The number of aliphatic carboxylic acids is 1. The summed E-state index contributed by atoms with van der Waals surface area (Å²) >= 11 is 0. The normalized spacial score (nSPS) is 17.3. The molecule has 6 rings (SSSR count). The fourth-order valence-electron chi connectivity index (χ4n) is 7.81. The summed E-state index contributed by atoms with van der Waals surface area (Å²) in [6.45, 7) is 9.88. The summed E-state index contributed by atoms with van der Waals surface area (Å²) in [7, 11) is 2.12. The molecule has 0 saturated carbocycles. The van der Waals surface area contributed by atoms with Crippen molar-refractivity contribution in [3.63, 3.8) is 0 Å². The van der Waals surface area contributed by atoms with Crippen molar-refractivity contribution in [1.82, 2.24) is 0 Å². The van der Waals surface area contributed by atoms with Gasteiger partial charge in [0, 0.05) is 47.5 Å². The van der Waals surface area contributed by atoms with Gasteiger partial charge in [-0.2, -0.15) is 9.84 Å². The smallest absolute Gasteiger partial charge is 0.303 e. The van der Waals surface area contributed by atoms with Gasteiger partial charge in [-0.15, -0.1) is 0 Å². The van der Waals surface area contributed by atoms with Gasteiger partial charge in [0.15, 0.2) is 5.71 Å². The van der Waals surface area contributed by atoms with E-state index in [-0.39, 0.29) is 41.2 Å². The van der Waals surface area contributed by atoms with Crippen LogP contribution >= 0.6 is 0 Å². The zero-order valence-electron chi connectivity index (χ0n) is 29.0. The molecule has 6 heteroatoms. The number of rotatable bonds is 10. The Labute approximate surface area is 307 Å². The maximum absolute atomic E-state index is 11.0. The van der Waals surface area contributed by atoms with Crippen LogP contribution in [0.25, 0.3) is 21.5 Å². The van der Waals surface area contributed by atoms with Crippen molar-refractivity contribution in [3.05, 3.63) is 132 Å². The van der Waals surface area contributed by atoms with Gasteiger partial charge < -0.3 is 34.0 Å². The van der Waals surface area contributed by atoms with Crippen molar-refractivity contribution < 1.29 is 38.5 Å². The molecule has 0 bridgehead atoms. The summed E-state index contributed by atoms with van der Waals surface area (Å²) in [4.78, 5) is 13.4. The van der Waals surface area contributed by atoms with Gasteiger partial charge >= 0.3 is 5.97 Å². The van der Waals surface area contributed by atoms with Crippen molar-refractivity contribution >= 4 is 44.6 Å². The first-order chi connectivity index (χ1) is 23.1. The highest BCUT2D eigenvalue weighted by Crippen LogP contribution is 2.51. The van der Waals surface area contributed by atoms with Crippen LogP contribution in [0.2, 0.25) is 0 Å². The van der Waals surface area contributed by atoms with Gasteiger partial charge in [-0.05, 0) is 84.2 Å². The number of carboxylic acid groups (broad SMARTS) is 1. The molecule has 0 spiro atoms. The lowest BCUT2D eigenvalue weighted by atomic mass is 9.79. The highest BCUT2D eigenvalue weighted by Gasteiger charge is 2.44. The predicted octanol–water partition coefficient (Wildman–Crippen LogP) is 6.89. The van der Waals surface area contributed by atoms with Crippen molar-refractivity contribution in [3.8, 4) is 6.07 Å². The number of carbonyl (C=O) groups is 1. The summed E-state index contributed by atoms with van der Waals surface area (Å²) in [6.07, 6.45) is 14.7. The molecule has 2 aliphatic heterocycles. The number of hydrogen-bond donors (Lipinski definition) is 1. The second-order valence-electron chi connectivity index (χ2n) is 13.9. The molecule has 2 heterocycles. The van der Waals surface area contributed by atoms with Gasteiger partial charge in [0.1, 0.15) is 7.05 Å². The van der Waals surface area contributed by atoms with E-state index in [1.807, 2.05) is 24.3 Å². The molecule has 0 fully saturated rings. The summed E-state index contributed by atoms with van der Waals surface area (Å²) in [5.74, 6) is -0.743. The van der Waals surface area contributed by atoms with E-state index in [9.17, 15) is 10.1 Å². The number of allylic oxidation sites excluding steroid dienone is 8. The second-order valence-corrected chi connectivity index (χ2v) is 13.9. The average molecular weight is 762 g/mol. The summed E-state index contributed by atoms with van der Waals surface area (Å²) in [5, 5.41) is 24.1. The van der Waals surface area contributed by atoms with Crippen LogP contribution in [0.1, 0.15) is 64.5 Å². The molecule has 0 aliphatic carbocycles. The number of hydrogen-bond acceptors (Lipinski definition) is 3. The van der Waals surface area contributed by atoms with Crippen LogP contribution in [0.5, 0.6) is 0 Å². The number of carboxylic acids is 1. The molecule has 2 aliphatic rings. The molecular formula is C43H44IN3O2. The van der Waals surface area contributed by atoms with Crippen LogP contribution in [0.4, 0.5) is 11.4 Å². The summed E-state index contributed by atoms with van der Waals surface area (Å²) in [5.41, 5.74) is 7.54. The Kier molecular flexibility index (Phi) is 10.6. The van der Waals surface area contributed by atoms with Crippen LogP contribution in [0.3, 0.4) is 0 Å². The van der Waals surface area contributed by atoms with Crippen molar-refractivity contribution in [2.75, 3.05) is 18.5 Å². The van der Waals surface area contributed by atoms with Gasteiger partial charge in [-0.25, -0.2) is 0 Å². The van der Waals surface area contributed by atoms with Crippen LogP contribution in [-0.2, 0) is 15.6 Å². The number of fused-ring (bicyclic) bond motifs is 6. The van der Waals surface area contributed by atoms with Gasteiger partial charge in [-0.1, -0.05) is 87.0 Å². The highest BCUT2D eigenvalue weighted by molar-refractivity contribution is 6.07. The minimum Gasteiger partial charge on any atom is -1.00 e. The van der Waals surface area contributed by atoms with Crippen LogP contribution in [0.15, 0.2) is 121 Å². The van der Waals surface area contributed by atoms with E-state index in [1.54, 1.807) is 0 Å². The minimum absolute atomic E-state index is 0. The quantitative estimate of drug-likeness (QED) is 0.0629. The van der Waals surface area contributed by atoms with Crippen molar-refractivity contribution in [2.45, 2.75) is 64.2 Å². The molecule has 5 nitrogen and oxygen atoms in total. The minimum atomic E-state index is -0.743. The average Bonchev–Trinajstić information content (AvgIpc) is 3.41. The third-order valence-corrected chi connectivity index (χ3v) is 10.1. The van der Waals surface area contributed by atoms with Crippen LogP contribution in [-0.4, -0.2) is 35.0 Å². The molecule has 250 valence electrons. The molecule has 4 aromatic carbocycles. The van der Waals surface area contributed by atoms with Crippen molar-refractivity contribution in [2.24, 2.45) is 0 Å². The first-order valence-corrected chi connectivity index (χ1v) is 16.9. The third kappa shape index (κ3) is 6.74. The molecule has 0 unspecified atom stereocenters. The molecule has 0 saturated heterocycles. The fraction of sp³-hybridized carbons (Fsp3) is 0.279. The number of nitriles is 1. The lowest BCUT2D eigenvalue weighted by Crippen LogP contribution is -3.00. The number of nitrogens with zero attached hydrogens (tertiary/aromatic N) is 3. The Morgan fingerprint density at radius 1 is 0.857 bits per heavy atom. The molecular weight excluding hydrogens is 717 g/mol. The predicted molar refractivity (Wildman–Crippen MR) is 198 cm³/mol. The first-order valence-electron chi connectivity index (χ1n) is 16.9. The number of benzene rings is 4. The van der Waals surface area contributed by atoms with E-state index in [4.69, 9.17) is 5.11 Å². The maximum atomic E-state index is 11.0. The molecule has 0 amide bonds. The molecule has 0 atom stereocenters. The fourth-order valence-corrected chi connectivity index (χ4v) is 7.81. The maximum Gasteiger partial charge on any atom is 0.303 e. The Morgan fingerprint density at radius 2 is 1.51 bits per heavy atom. The van der Waals surface area contributed by atoms with Crippen molar-refractivity contribution in [1.29, 1.82) is 5.26 Å². The molecule has 0 radical (unpaired) electrons. The summed E-state index contributed by atoms with van der Waals surface area (Å²) < 4.78 is 2.26. The number of unbranched alkanes of at least 4 members (excludes halogenated alkanes) is 2. The SMILES string of the molecule is C[N+]1=C(/C=C/C=C(C#N)/C=C/C=C2\N(CCCCCC(=O)O)c3ccc4ccccc4c3C2(C)C)C(C)(C)c2c1ccc1ccccc21.[I-]. The molecule has 1 N–H and O–H groups in total. The van der Waals surface area contributed by atoms with Crippen LogP contribution < -0.4 is 28.9 Å². The molecule has 49 heavy (non-hydrogen) atoms. The topological polar surface area (TPSA) is 67.3 Å². The first kappa shape index (κ1) is 35.8. The van der Waals surface area contributed by atoms with E-state index >= 15 is 0 Å². The largest absolute Gasteiger partial charge is 1.00 e. The van der Waals surface area contributed by atoms with E-state index in [0.29, 0.717) is 12.0 Å². The highest BCUT2D eigenvalue weighted by atomic mass is 127. The zero-order chi connectivity index (χ0) is 34.1. The van der Waals surface area contributed by atoms with E-state index in [2.05, 4.69) is 135 Å². The van der Waals surface area contributed by atoms with Gasteiger partial charge in [0.25, 0.3) is 0 Å². The van der Waals surface area contributed by atoms with Crippen LogP contribution in [0, 0.1) is 11.3 Å².